The van der Waals surface area contributed by atoms with Gasteiger partial charge in [-0.25, -0.2) is 0 Å². The normalized spacial score (nSPS) is 25.8. The Hall–Kier alpha value is -1.05. The second-order valence-electron chi connectivity index (χ2n) is 11.4. The van der Waals surface area contributed by atoms with Crippen LogP contribution in [-0.2, 0) is 6.42 Å². The lowest BCUT2D eigenvalue weighted by Gasteiger charge is -2.32. The molecule has 2 nitrogen and oxygen atoms in total. The SMILES string of the molecule is CCCCCOc1ccc(CC[C@H]2CC[C@H](CC[C@H]3CC[C@H](CCCCC)CC3)CC2)nc1. The second kappa shape index (κ2) is 15.8. The molecule has 2 aliphatic carbocycles. The molecule has 0 unspecified atom stereocenters. The number of hydrogen-bond donors (Lipinski definition) is 0. The summed E-state index contributed by atoms with van der Waals surface area (Å²) in [6, 6.07) is 4.29. The second-order valence-corrected chi connectivity index (χ2v) is 11.4. The van der Waals surface area contributed by atoms with Crippen LogP contribution in [0.25, 0.3) is 0 Å². The molecule has 1 heterocycles. The summed E-state index contributed by atoms with van der Waals surface area (Å²) in [5.74, 6) is 4.99. The zero-order valence-electron chi connectivity index (χ0n) is 22.0. The molecule has 2 aliphatic rings. The lowest BCUT2D eigenvalue weighted by Crippen LogP contribution is -2.18. The number of ether oxygens (including phenoxy) is 1. The predicted octanol–water partition coefficient (Wildman–Crippen LogP) is 9.56. The third-order valence-electron chi connectivity index (χ3n) is 8.75. The average molecular weight is 456 g/mol. The van der Waals surface area contributed by atoms with Crippen LogP contribution in [0.3, 0.4) is 0 Å². The van der Waals surface area contributed by atoms with Gasteiger partial charge >= 0.3 is 0 Å². The van der Waals surface area contributed by atoms with Crippen molar-refractivity contribution in [3.63, 3.8) is 0 Å². The zero-order chi connectivity index (χ0) is 23.1. The van der Waals surface area contributed by atoms with E-state index >= 15 is 0 Å². The highest BCUT2D eigenvalue weighted by Crippen LogP contribution is 2.38. The van der Waals surface area contributed by atoms with Crippen LogP contribution < -0.4 is 4.74 Å². The van der Waals surface area contributed by atoms with Crippen molar-refractivity contribution < 1.29 is 4.74 Å². The van der Waals surface area contributed by atoms with E-state index in [4.69, 9.17) is 4.74 Å². The summed E-state index contributed by atoms with van der Waals surface area (Å²) in [6.45, 7) is 5.37. The number of aryl methyl sites for hydroxylation is 1. The van der Waals surface area contributed by atoms with Crippen LogP contribution in [0.2, 0.25) is 0 Å². The van der Waals surface area contributed by atoms with Gasteiger partial charge < -0.3 is 4.74 Å². The van der Waals surface area contributed by atoms with E-state index in [1.165, 1.54) is 115 Å². The lowest BCUT2D eigenvalue weighted by molar-refractivity contribution is 0.208. The zero-order valence-corrected chi connectivity index (χ0v) is 22.0. The topological polar surface area (TPSA) is 22.1 Å². The summed E-state index contributed by atoms with van der Waals surface area (Å²) in [6.07, 6.45) is 28.8. The minimum atomic E-state index is 0.818. The maximum absolute atomic E-state index is 5.80. The van der Waals surface area contributed by atoms with Crippen LogP contribution in [0, 0.1) is 23.7 Å². The van der Waals surface area contributed by atoms with E-state index in [0.717, 1.165) is 48.9 Å². The number of hydrogen-bond acceptors (Lipinski definition) is 2. The van der Waals surface area contributed by atoms with E-state index in [9.17, 15) is 0 Å². The Morgan fingerprint density at radius 3 is 1.76 bits per heavy atom. The predicted molar refractivity (Wildman–Crippen MR) is 142 cm³/mol. The summed E-state index contributed by atoms with van der Waals surface area (Å²) in [5, 5.41) is 0. The molecule has 0 aliphatic heterocycles. The van der Waals surface area contributed by atoms with Gasteiger partial charge in [0.1, 0.15) is 5.75 Å². The molecule has 0 saturated heterocycles. The van der Waals surface area contributed by atoms with E-state index in [0.29, 0.717) is 0 Å². The lowest BCUT2D eigenvalue weighted by atomic mass is 9.74. The van der Waals surface area contributed by atoms with Crippen molar-refractivity contribution in [1.29, 1.82) is 0 Å². The highest BCUT2D eigenvalue weighted by molar-refractivity contribution is 5.19. The van der Waals surface area contributed by atoms with Crippen LogP contribution in [0.15, 0.2) is 18.3 Å². The van der Waals surface area contributed by atoms with Crippen molar-refractivity contribution in [2.75, 3.05) is 6.61 Å². The first-order valence-corrected chi connectivity index (χ1v) is 14.8. The summed E-state index contributed by atoms with van der Waals surface area (Å²) in [5.41, 5.74) is 1.24. The van der Waals surface area contributed by atoms with Crippen LogP contribution in [0.1, 0.15) is 135 Å². The third kappa shape index (κ3) is 10.4. The standard InChI is InChI=1S/C31H53NO/c1-3-5-7-9-26-10-12-27(13-11-26)14-15-28-16-18-29(19-17-28)20-21-30-22-23-31(25-32-30)33-24-8-6-4-2/h22-23,25-29H,3-21,24H2,1-2H3/t26-,27-,28-,29-. The molecule has 0 amide bonds. The summed E-state index contributed by atoms with van der Waals surface area (Å²) in [4.78, 5) is 4.66. The molecule has 1 aromatic rings. The molecule has 188 valence electrons. The molecule has 0 aromatic carbocycles. The Balaban J connectivity index is 1.23. The molecule has 2 saturated carbocycles. The Labute approximate surface area is 205 Å². The minimum absolute atomic E-state index is 0.818. The van der Waals surface area contributed by atoms with Crippen LogP contribution in [0.4, 0.5) is 0 Å². The van der Waals surface area contributed by atoms with E-state index in [2.05, 4.69) is 31.0 Å². The molecule has 33 heavy (non-hydrogen) atoms. The maximum Gasteiger partial charge on any atom is 0.137 e. The van der Waals surface area contributed by atoms with Gasteiger partial charge in [-0.3, -0.25) is 4.98 Å². The van der Waals surface area contributed by atoms with Crippen molar-refractivity contribution in [3.05, 3.63) is 24.0 Å². The fourth-order valence-corrected chi connectivity index (χ4v) is 6.31. The van der Waals surface area contributed by atoms with Crippen molar-refractivity contribution in [2.24, 2.45) is 23.7 Å². The molecular formula is C31H53NO. The summed E-state index contributed by atoms with van der Waals surface area (Å²) in [7, 11) is 0. The molecule has 3 rings (SSSR count). The Morgan fingerprint density at radius 2 is 1.21 bits per heavy atom. The molecule has 2 fully saturated rings. The maximum atomic E-state index is 5.80. The van der Waals surface area contributed by atoms with Crippen LogP contribution in [-0.4, -0.2) is 11.6 Å². The van der Waals surface area contributed by atoms with Gasteiger partial charge in [0.25, 0.3) is 0 Å². The molecule has 0 spiro atoms. The van der Waals surface area contributed by atoms with Gasteiger partial charge in [0, 0.05) is 5.69 Å². The highest BCUT2D eigenvalue weighted by Gasteiger charge is 2.24. The average Bonchev–Trinajstić information content (AvgIpc) is 2.86. The molecule has 0 N–H and O–H groups in total. The third-order valence-corrected chi connectivity index (χ3v) is 8.75. The first-order valence-electron chi connectivity index (χ1n) is 14.8. The Morgan fingerprint density at radius 1 is 0.667 bits per heavy atom. The van der Waals surface area contributed by atoms with Crippen molar-refractivity contribution in [2.45, 2.75) is 136 Å². The molecule has 2 heteroatoms. The van der Waals surface area contributed by atoms with Crippen molar-refractivity contribution in [3.8, 4) is 5.75 Å². The monoisotopic (exact) mass is 455 g/mol. The van der Waals surface area contributed by atoms with Gasteiger partial charge in [-0.15, -0.1) is 0 Å². The van der Waals surface area contributed by atoms with E-state index < -0.39 is 0 Å². The van der Waals surface area contributed by atoms with Crippen molar-refractivity contribution >= 4 is 0 Å². The quantitative estimate of drug-likeness (QED) is 0.246. The number of nitrogens with zero attached hydrogens (tertiary/aromatic N) is 1. The Bertz CT molecular complexity index is 596. The van der Waals surface area contributed by atoms with Gasteiger partial charge in [-0.2, -0.15) is 0 Å². The highest BCUT2D eigenvalue weighted by atomic mass is 16.5. The van der Waals surface area contributed by atoms with Gasteiger partial charge in [-0.05, 0) is 55.1 Å². The number of aromatic nitrogens is 1. The molecular weight excluding hydrogens is 402 g/mol. The molecule has 0 atom stereocenters. The van der Waals surface area contributed by atoms with Crippen LogP contribution >= 0.6 is 0 Å². The first-order chi connectivity index (χ1) is 16.3. The smallest absolute Gasteiger partial charge is 0.137 e. The van der Waals surface area contributed by atoms with Gasteiger partial charge in [0.2, 0.25) is 0 Å². The van der Waals surface area contributed by atoms with Gasteiger partial charge in [0.15, 0.2) is 0 Å². The minimum Gasteiger partial charge on any atom is -0.492 e. The van der Waals surface area contributed by atoms with E-state index in [-0.39, 0.29) is 0 Å². The molecule has 0 radical (unpaired) electrons. The fraction of sp³-hybridized carbons (Fsp3) is 0.839. The number of unbranched alkanes of at least 4 members (excludes halogenated alkanes) is 4. The van der Waals surface area contributed by atoms with E-state index in [1.807, 2.05) is 6.20 Å². The number of rotatable bonds is 15. The molecule has 0 bridgehead atoms. The largest absolute Gasteiger partial charge is 0.492 e. The van der Waals surface area contributed by atoms with Gasteiger partial charge in [-0.1, -0.05) is 117 Å². The Kier molecular flexibility index (Phi) is 12.7. The fourth-order valence-electron chi connectivity index (χ4n) is 6.31. The molecule has 1 aromatic heterocycles. The summed E-state index contributed by atoms with van der Waals surface area (Å²) >= 11 is 0. The van der Waals surface area contributed by atoms with Crippen molar-refractivity contribution in [1.82, 2.24) is 4.98 Å². The van der Waals surface area contributed by atoms with Gasteiger partial charge in [0.05, 0.1) is 12.8 Å². The first kappa shape index (κ1) is 26.6. The summed E-state index contributed by atoms with van der Waals surface area (Å²) < 4.78 is 5.80. The van der Waals surface area contributed by atoms with Crippen LogP contribution in [0.5, 0.6) is 5.75 Å². The number of pyridine rings is 1. The van der Waals surface area contributed by atoms with E-state index in [1.54, 1.807) is 0 Å².